The Morgan fingerprint density at radius 1 is 1.47 bits per heavy atom. The van der Waals surface area contributed by atoms with E-state index in [9.17, 15) is 9.18 Å². The molecule has 1 saturated carbocycles. The number of halogens is 1. The second-order valence-electron chi connectivity index (χ2n) is 5.06. The number of carboxylic acids is 1. The molecule has 0 bridgehead atoms. The summed E-state index contributed by atoms with van der Waals surface area (Å²) in [5.74, 6) is -0.996. The van der Waals surface area contributed by atoms with Crippen molar-refractivity contribution in [2.24, 2.45) is 0 Å². The Labute approximate surface area is 113 Å². The van der Waals surface area contributed by atoms with E-state index in [4.69, 9.17) is 5.11 Å². The molecule has 3 nitrogen and oxygen atoms in total. The van der Waals surface area contributed by atoms with Crippen molar-refractivity contribution in [3.8, 4) is 0 Å². The van der Waals surface area contributed by atoms with E-state index in [0.29, 0.717) is 18.2 Å². The number of carboxylic acid groups (broad SMARTS) is 1. The molecule has 0 spiro atoms. The SMILES string of the molecule is CCC(c1ccccc1F)N(CCC(=O)O)C1CC1. The molecule has 1 aliphatic rings. The number of benzene rings is 1. The molecule has 1 N–H and O–H groups in total. The predicted octanol–water partition coefficient (Wildman–Crippen LogP) is 3.22. The fraction of sp³-hybridized carbons (Fsp3) is 0.533. The zero-order chi connectivity index (χ0) is 13.8. The lowest BCUT2D eigenvalue weighted by Crippen LogP contribution is -2.33. The average molecular weight is 265 g/mol. The standard InChI is InChI=1S/C15H20FNO2/c1-2-14(12-5-3-4-6-13(12)16)17(11-7-8-11)10-9-15(18)19/h3-6,11,14H,2,7-10H2,1H3,(H,18,19). The van der Waals surface area contributed by atoms with Crippen LogP contribution in [0.5, 0.6) is 0 Å². The quantitative estimate of drug-likeness (QED) is 0.823. The lowest BCUT2D eigenvalue weighted by atomic mass is 10.0. The maximum atomic E-state index is 13.9. The molecule has 0 aliphatic heterocycles. The average Bonchev–Trinajstić information content (AvgIpc) is 3.20. The number of hydrogen-bond donors (Lipinski definition) is 1. The van der Waals surface area contributed by atoms with Gasteiger partial charge in [0.15, 0.2) is 0 Å². The molecular formula is C15H20FNO2. The third-order valence-corrected chi connectivity index (χ3v) is 3.65. The smallest absolute Gasteiger partial charge is 0.304 e. The summed E-state index contributed by atoms with van der Waals surface area (Å²) in [7, 11) is 0. The van der Waals surface area contributed by atoms with Crippen LogP contribution in [0.25, 0.3) is 0 Å². The van der Waals surface area contributed by atoms with Gasteiger partial charge in [-0.05, 0) is 25.3 Å². The van der Waals surface area contributed by atoms with E-state index in [2.05, 4.69) is 4.90 Å². The van der Waals surface area contributed by atoms with Crippen molar-refractivity contribution in [3.05, 3.63) is 35.6 Å². The van der Waals surface area contributed by atoms with E-state index < -0.39 is 5.97 Å². The molecule has 2 rings (SSSR count). The normalized spacial score (nSPS) is 16.6. The zero-order valence-corrected chi connectivity index (χ0v) is 11.2. The minimum atomic E-state index is -0.797. The Morgan fingerprint density at radius 3 is 2.68 bits per heavy atom. The largest absolute Gasteiger partial charge is 0.481 e. The second kappa shape index (κ2) is 6.15. The van der Waals surface area contributed by atoms with E-state index in [-0.39, 0.29) is 18.3 Å². The monoisotopic (exact) mass is 265 g/mol. The molecule has 0 aromatic heterocycles. The van der Waals surface area contributed by atoms with Crippen LogP contribution < -0.4 is 0 Å². The number of nitrogens with zero attached hydrogens (tertiary/aromatic N) is 1. The van der Waals surface area contributed by atoms with Gasteiger partial charge in [-0.2, -0.15) is 0 Å². The van der Waals surface area contributed by atoms with Gasteiger partial charge in [-0.3, -0.25) is 9.69 Å². The molecule has 19 heavy (non-hydrogen) atoms. The van der Waals surface area contributed by atoms with Crippen LogP contribution in [-0.2, 0) is 4.79 Å². The highest BCUT2D eigenvalue weighted by Crippen LogP contribution is 2.36. The van der Waals surface area contributed by atoms with Crippen LogP contribution in [0.3, 0.4) is 0 Å². The van der Waals surface area contributed by atoms with Gasteiger partial charge in [-0.25, -0.2) is 4.39 Å². The van der Waals surface area contributed by atoms with Gasteiger partial charge in [0.1, 0.15) is 5.82 Å². The van der Waals surface area contributed by atoms with Crippen molar-refractivity contribution in [2.75, 3.05) is 6.54 Å². The van der Waals surface area contributed by atoms with Crippen LogP contribution in [-0.4, -0.2) is 28.6 Å². The van der Waals surface area contributed by atoms with Crippen molar-refractivity contribution in [1.29, 1.82) is 0 Å². The Hall–Kier alpha value is -1.42. The second-order valence-corrected chi connectivity index (χ2v) is 5.06. The summed E-state index contributed by atoms with van der Waals surface area (Å²) < 4.78 is 13.9. The highest BCUT2D eigenvalue weighted by molar-refractivity contribution is 5.66. The number of rotatable bonds is 7. The molecule has 0 heterocycles. The summed E-state index contributed by atoms with van der Waals surface area (Å²) in [6.07, 6.45) is 3.08. The van der Waals surface area contributed by atoms with Crippen LogP contribution in [0.2, 0.25) is 0 Å². The maximum absolute atomic E-state index is 13.9. The highest BCUT2D eigenvalue weighted by Gasteiger charge is 2.34. The molecule has 0 amide bonds. The third-order valence-electron chi connectivity index (χ3n) is 3.65. The first-order valence-corrected chi connectivity index (χ1v) is 6.85. The van der Waals surface area contributed by atoms with Crippen LogP contribution in [0.4, 0.5) is 4.39 Å². The van der Waals surface area contributed by atoms with Gasteiger partial charge in [-0.1, -0.05) is 25.1 Å². The van der Waals surface area contributed by atoms with Crippen molar-refractivity contribution in [1.82, 2.24) is 4.90 Å². The molecule has 1 fully saturated rings. The summed E-state index contributed by atoms with van der Waals surface area (Å²) in [6.45, 7) is 2.51. The fourth-order valence-electron chi connectivity index (χ4n) is 2.60. The summed E-state index contributed by atoms with van der Waals surface area (Å²) in [4.78, 5) is 12.9. The van der Waals surface area contributed by atoms with Crippen molar-refractivity contribution < 1.29 is 14.3 Å². The van der Waals surface area contributed by atoms with Gasteiger partial charge in [0.05, 0.1) is 6.42 Å². The molecule has 1 aromatic carbocycles. The van der Waals surface area contributed by atoms with Crippen LogP contribution in [0, 0.1) is 5.82 Å². The van der Waals surface area contributed by atoms with Gasteiger partial charge in [-0.15, -0.1) is 0 Å². The van der Waals surface area contributed by atoms with E-state index in [1.54, 1.807) is 12.1 Å². The molecule has 0 radical (unpaired) electrons. The maximum Gasteiger partial charge on any atom is 0.304 e. The minimum absolute atomic E-state index is 0.0203. The molecule has 1 unspecified atom stereocenters. The third kappa shape index (κ3) is 3.53. The van der Waals surface area contributed by atoms with Gasteiger partial charge in [0.25, 0.3) is 0 Å². The van der Waals surface area contributed by atoms with Gasteiger partial charge in [0.2, 0.25) is 0 Å². The molecular weight excluding hydrogens is 245 g/mol. The van der Waals surface area contributed by atoms with E-state index in [1.807, 2.05) is 13.0 Å². The first-order chi connectivity index (χ1) is 9.13. The summed E-state index contributed by atoms with van der Waals surface area (Å²) in [6, 6.07) is 7.20. The van der Waals surface area contributed by atoms with Crippen LogP contribution in [0.15, 0.2) is 24.3 Å². The predicted molar refractivity (Wildman–Crippen MR) is 71.4 cm³/mol. The Bertz CT molecular complexity index is 446. The Balaban J connectivity index is 2.17. The first-order valence-electron chi connectivity index (χ1n) is 6.85. The number of carbonyl (C=O) groups is 1. The van der Waals surface area contributed by atoms with E-state index in [0.717, 1.165) is 19.3 Å². The van der Waals surface area contributed by atoms with Crippen molar-refractivity contribution in [2.45, 2.75) is 44.7 Å². The van der Waals surface area contributed by atoms with Crippen molar-refractivity contribution in [3.63, 3.8) is 0 Å². The molecule has 1 atom stereocenters. The first kappa shape index (κ1) is 14.0. The summed E-state index contributed by atoms with van der Waals surface area (Å²) >= 11 is 0. The Kier molecular flexibility index (Phi) is 4.53. The molecule has 4 heteroatoms. The van der Waals surface area contributed by atoms with Crippen LogP contribution in [0.1, 0.15) is 44.2 Å². The topological polar surface area (TPSA) is 40.5 Å². The summed E-state index contributed by atoms with van der Waals surface area (Å²) in [5.41, 5.74) is 0.683. The molecule has 104 valence electrons. The summed E-state index contributed by atoms with van der Waals surface area (Å²) in [5, 5.41) is 8.84. The molecule has 0 saturated heterocycles. The minimum Gasteiger partial charge on any atom is -0.481 e. The van der Waals surface area contributed by atoms with E-state index >= 15 is 0 Å². The van der Waals surface area contributed by atoms with Crippen LogP contribution >= 0.6 is 0 Å². The lowest BCUT2D eigenvalue weighted by molar-refractivity contribution is -0.137. The fourth-order valence-corrected chi connectivity index (χ4v) is 2.60. The highest BCUT2D eigenvalue weighted by atomic mass is 19.1. The van der Waals surface area contributed by atoms with Crippen molar-refractivity contribution >= 4 is 5.97 Å². The number of hydrogen-bond acceptors (Lipinski definition) is 2. The zero-order valence-electron chi connectivity index (χ0n) is 11.2. The lowest BCUT2D eigenvalue weighted by Gasteiger charge is -2.31. The Morgan fingerprint density at radius 2 is 2.16 bits per heavy atom. The molecule has 1 aromatic rings. The number of aliphatic carboxylic acids is 1. The van der Waals surface area contributed by atoms with Gasteiger partial charge in [0, 0.05) is 24.2 Å². The van der Waals surface area contributed by atoms with Gasteiger partial charge < -0.3 is 5.11 Å². The molecule has 1 aliphatic carbocycles. The van der Waals surface area contributed by atoms with Gasteiger partial charge >= 0.3 is 5.97 Å². The van der Waals surface area contributed by atoms with E-state index in [1.165, 1.54) is 6.07 Å².